The normalized spacial score (nSPS) is 17.3. The van der Waals surface area contributed by atoms with Crippen molar-refractivity contribution in [3.8, 4) is 0 Å². The molecule has 1 saturated heterocycles. The van der Waals surface area contributed by atoms with Crippen molar-refractivity contribution >= 4 is 11.7 Å². The summed E-state index contributed by atoms with van der Waals surface area (Å²) in [5.74, 6) is 2.64. The van der Waals surface area contributed by atoms with Crippen molar-refractivity contribution in [3.63, 3.8) is 0 Å². The Morgan fingerprint density at radius 2 is 2.12 bits per heavy atom. The number of nitrogens with zero attached hydrogens (tertiary/aromatic N) is 6. The topological polar surface area (TPSA) is 67.2 Å². The zero-order valence-corrected chi connectivity index (χ0v) is 14.7. The number of hydrogen-bond donors (Lipinski definition) is 0. The molecular formula is C17H24N6O. The van der Waals surface area contributed by atoms with Crippen molar-refractivity contribution in [2.24, 2.45) is 0 Å². The summed E-state index contributed by atoms with van der Waals surface area (Å²) < 4.78 is 1.97. The molecule has 3 rings (SSSR count). The SMILES string of the molecule is Cc1nc(C)n(CC2CCCN2c2ccc(C(=O)N(C)C)cn2)n1. The van der Waals surface area contributed by atoms with Crippen LogP contribution in [0.3, 0.4) is 0 Å². The number of pyridine rings is 1. The molecule has 0 radical (unpaired) electrons. The largest absolute Gasteiger partial charge is 0.352 e. The van der Waals surface area contributed by atoms with Crippen LogP contribution in [-0.4, -0.2) is 57.2 Å². The van der Waals surface area contributed by atoms with Gasteiger partial charge >= 0.3 is 0 Å². The molecule has 0 bridgehead atoms. The highest BCUT2D eigenvalue weighted by atomic mass is 16.2. The zero-order valence-electron chi connectivity index (χ0n) is 14.7. The zero-order chi connectivity index (χ0) is 17.3. The molecule has 1 fully saturated rings. The van der Waals surface area contributed by atoms with E-state index in [1.807, 2.05) is 30.7 Å². The standard InChI is InChI=1S/C17H24N6O/c1-12-19-13(2)23(20-12)11-15-6-5-9-22(15)16-8-7-14(10-18-16)17(24)21(3)4/h7-8,10,15H,5-6,9,11H2,1-4H3. The van der Waals surface area contributed by atoms with E-state index in [0.717, 1.165) is 43.4 Å². The number of rotatable bonds is 4. The highest BCUT2D eigenvalue weighted by Crippen LogP contribution is 2.25. The quantitative estimate of drug-likeness (QED) is 0.854. The van der Waals surface area contributed by atoms with Gasteiger partial charge in [0.05, 0.1) is 18.2 Å². The second-order valence-electron chi connectivity index (χ2n) is 6.48. The monoisotopic (exact) mass is 328 g/mol. The van der Waals surface area contributed by atoms with Crippen molar-refractivity contribution in [2.75, 3.05) is 25.5 Å². The highest BCUT2D eigenvalue weighted by molar-refractivity contribution is 5.93. The van der Waals surface area contributed by atoms with Gasteiger partial charge in [-0.2, -0.15) is 5.10 Å². The molecule has 0 aromatic carbocycles. The lowest BCUT2D eigenvalue weighted by atomic mass is 10.2. The molecule has 1 atom stereocenters. The number of anilines is 1. The number of hydrogen-bond acceptors (Lipinski definition) is 5. The molecule has 1 amide bonds. The molecule has 0 spiro atoms. The van der Waals surface area contributed by atoms with Gasteiger partial charge in [-0.05, 0) is 38.8 Å². The van der Waals surface area contributed by atoms with E-state index in [9.17, 15) is 4.79 Å². The molecule has 1 aliphatic rings. The lowest BCUT2D eigenvalue weighted by molar-refractivity contribution is 0.0827. The van der Waals surface area contributed by atoms with Gasteiger partial charge in [0.2, 0.25) is 0 Å². The molecule has 3 heterocycles. The molecule has 24 heavy (non-hydrogen) atoms. The van der Waals surface area contributed by atoms with Crippen LogP contribution >= 0.6 is 0 Å². The van der Waals surface area contributed by atoms with E-state index in [4.69, 9.17) is 0 Å². The third kappa shape index (κ3) is 3.25. The minimum Gasteiger partial charge on any atom is -0.352 e. The van der Waals surface area contributed by atoms with Gasteiger partial charge in [-0.15, -0.1) is 0 Å². The molecule has 7 nitrogen and oxygen atoms in total. The molecule has 7 heteroatoms. The van der Waals surface area contributed by atoms with Crippen LogP contribution in [-0.2, 0) is 6.54 Å². The Kier molecular flexibility index (Phi) is 4.51. The summed E-state index contributed by atoms with van der Waals surface area (Å²) in [6, 6.07) is 4.15. The second-order valence-corrected chi connectivity index (χ2v) is 6.48. The Labute approximate surface area is 142 Å². The molecular weight excluding hydrogens is 304 g/mol. The Hall–Kier alpha value is -2.44. The maximum atomic E-state index is 12.0. The van der Waals surface area contributed by atoms with Gasteiger partial charge in [-0.25, -0.2) is 14.6 Å². The van der Waals surface area contributed by atoms with Gasteiger partial charge in [0, 0.05) is 26.8 Å². The minimum atomic E-state index is -0.0271. The summed E-state index contributed by atoms with van der Waals surface area (Å²) in [6.07, 6.45) is 3.91. The molecule has 0 aliphatic carbocycles. The first kappa shape index (κ1) is 16.4. The smallest absolute Gasteiger partial charge is 0.254 e. The number of aromatic nitrogens is 4. The van der Waals surface area contributed by atoms with Crippen LogP contribution in [0, 0.1) is 13.8 Å². The summed E-state index contributed by atoms with van der Waals surface area (Å²) in [6.45, 7) is 5.69. The molecule has 0 N–H and O–H groups in total. The van der Waals surface area contributed by atoms with Crippen molar-refractivity contribution < 1.29 is 4.79 Å². The summed E-state index contributed by atoms with van der Waals surface area (Å²) in [4.78, 5) is 24.7. The van der Waals surface area contributed by atoms with Gasteiger partial charge in [-0.1, -0.05) is 0 Å². The Bertz CT molecular complexity index is 721. The first-order valence-electron chi connectivity index (χ1n) is 8.28. The van der Waals surface area contributed by atoms with Crippen molar-refractivity contribution in [1.82, 2.24) is 24.6 Å². The van der Waals surface area contributed by atoms with E-state index in [1.165, 1.54) is 0 Å². The summed E-state index contributed by atoms with van der Waals surface area (Å²) in [5, 5.41) is 4.47. The van der Waals surface area contributed by atoms with E-state index in [1.54, 1.807) is 25.2 Å². The van der Waals surface area contributed by atoms with Gasteiger partial charge in [0.25, 0.3) is 5.91 Å². The predicted molar refractivity (Wildman–Crippen MR) is 92.1 cm³/mol. The fourth-order valence-electron chi connectivity index (χ4n) is 3.20. The molecule has 1 unspecified atom stereocenters. The fraction of sp³-hybridized carbons (Fsp3) is 0.529. The van der Waals surface area contributed by atoms with Crippen molar-refractivity contribution in [2.45, 2.75) is 39.3 Å². The second kappa shape index (κ2) is 6.59. The van der Waals surface area contributed by atoms with E-state index >= 15 is 0 Å². The summed E-state index contributed by atoms with van der Waals surface area (Å²) in [7, 11) is 3.49. The average Bonchev–Trinajstić information content (AvgIpc) is 3.13. The first-order valence-corrected chi connectivity index (χ1v) is 8.28. The van der Waals surface area contributed by atoms with Crippen LogP contribution in [0.4, 0.5) is 5.82 Å². The van der Waals surface area contributed by atoms with E-state index in [-0.39, 0.29) is 5.91 Å². The van der Waals surface area contributed by atoms with E-state index < -0.39 is 0 Å². The van der Waals surface area contributed by atoms with Gasteiger partial charge in [0.15, 0.2) is 0 Å². The van der Waals surface area contributed by atoms with E-state index in [2.05, 4.69) is 20.0 Å². The third-order valence-corrected chi connectivity index (χ3v) is 4.42. The number of carbonyl (C=O) groups is 1. The molecule has 0 saturated carbocycles. The number of amides is 1. The molecule has 2 aromatic heterocycles. The Morgan fingerprint density at radius 1 is 1.33 bits per heavy atom. The fourth-order valence-corrected chi connectivity index (χ4v) is 3.20. The number of aryl methyl sites for hydroxylation is 2. The highest BCUT2D eigenvalue weighted by Gasteiger charge is 2.27. The number of carbonyl (C=O) groups excluding carboxylic acids is 1. The van der Waals surface area contributed by atoms with Crippen LogP contribution in [0.25, 0.3) is 0 Å². The maximum absolute atomic E-state index is 12.0. The average molecular weight is 328 g/mol. The summed E-state index contributed by atoms with van der Waals surface area (Å²) >= 11 is 0. The molecule has 1 aliphatic heterocycles. The van der Waals surface area contributed by atoms with Crippen LogP contribution in [0.1, 0.15) is 34.8 Å². The van der Waals surface area contributed by atoms with Crippen LogP contribution < -0.4 is 4.90 Å². The minimum absolute atomic E-state index is 0.0271. The molecule has 128 valence electrons. The van der Waals surface area contributed by atoms with Gasteiger partial charge in [0.1, 0.15) is 17.5 Å². The van der Waals surface area contributed by atoms with Crippen LogP contribution in [0.2, 0.25) is 0 Å². The molecule has 2 aromatic rings. The first-order chi connectivity index (χ1) is 11.5. The Balaban J connectivity index is 1.75. The van der Waals surface area contributed by atoms with Gasteiger partial charge < -0.3 is 9.80 Å². The van der Waals surface area contributed by atoms with Crippen LogP contribution in [0.5, 0.6) is 0 Å². The summed E-state index contributed by atoms with van der Waals surface area (Å²) in [5.41, 5.74) is 0.613. The Morgan fingerprint density at radius 3 is 2.71 bits per heavy atom. The van der Waals surface area contributed by atoms with Crippen LogP contribution in [0.15, 0.2) is 18.3 Å². The lowest BCUT2D eigenvalue weighted by Crippen LogP contribution is -2.34. The predicted octanol–water partition coefficient (Wildman–Crippen LogP) is 1.66. The lowest BCUT2D eigenvalue weighted by Gasteiger charge is -2.26. The van der Waals surface area contributed by atoms with Gasteiger partial charge in [-0.3, -0.25) is 4.79 Å². The van der Waals surface area contributed by atoms with E-state index in [0.29, 0.717) is 11.6 Å². The van der Waals surface area contributed by atoms with Crippen molar-refractivity contribution in [1.29, 1.82) is 0 Å². The van der Waals surface area contributed by atoms with Crippen molar-refractivity contribution in [3.05, 3.63) is 35.5 Å². The maximum Gasteiger partial charge on any atom is 0.254 e. The third-order valence-electron chi connectivity index (χ3n) is 4.42.